The summed E-state index contributed by atoms with van der Waals surface area (Å²) in [7, 11) is 1.58. The van der Waals surface area contributed by atoms with E-state index in [4.69, 9.17) is 9.47 Å². The number of nitrogens with zero attached hydrogens (tertiary/aromatic N) is 1. The van der Waals surface area contributed by atoms with E-state index in [9.17, 15) is 14.7 Å². The van der Waals surface area contributed by atoms with Crippen LogP contribution in [0.15, 0.2) is 23.8 Å². The van der Waals surface area contributed by atoms with Gasteiger partial charge in [-0.3, -0.25) is 4.79 Å². The van der Waals surface area contributed by atoms with Crippen LogP contribution in [-0.4, -0.2) is 48.2 Å². The van der Waals surface area contributed by atoms with Crippen LogP contribution in [0.25, 0.3) is 6.08 Å². The molecule has 6 heteroatoms. The number of amides is 1. The normalized spacial score (nSPS) is 20.1. The minimum absolute atomic E-state index is 0.154. The van der Waals surface area contributed by atoms with Crippen molar-refractivity contribution >= 4 is 18.0 Å². The molecule has 0 saturated carbocycles. The molecule has 0 bridgehead atoms. The molecule has 0 aromatic heterocycles. The molecule has 2 aliphatic rings. The second kappa shape index (κ2) is 6.32. The molecule has 0 aliphatic carbocycles. The van der Waals surface area contributed by atoms with Gasteiger partial charge in [-0.1, -0.05) is 0 Å². The van der Waals surface area contributed by atoms with Crippen LogP contribution in [0.2, 0.25) is 0 Å². The SMILES string of the molecule is COc1ccc2c(c1)C=C(C(=O)N1CCCCC1C(=O)O)CO2. The van der Waals surface area contributed by atoms with Gasteiger partial charge in [0.25, 0.3) is 5.91 Å². The van der Waals surface area contributed by atoms with Gasteiger partial charge in [0.15, 0.2) is 0 Å². The fraction of sp³-hybridized carbons (Fsp3) is 0.412. The third kappa shape index (κ3) is 3.02. The maximum absolute atomic E-state index is 12.7. The summed E-state index contributed by atoms with van der Waals surface area (Å²) in [5.41, 5.74) is 1.24. The van der Waals surface area contributed by atoms with Crippen LogP contribution in [0.1, 0.15) is 24.8 Å². The first-order valence-corrected chi connectivity index (χ1v) is 7.65. The van der Waals surface area contributed by atoms with Crippen molar-refractivity contribution in [3.8, 4) is 11.5 Å². The van der Waals surface area contributed by atoms with Crippen molar-refractivity contribution in [2.75, 3.05) is 20.3 Å². The van der Waals surface area contributed by atoms with Crippen molar-refractivity contribution in [2.24, 2.45) is 0 Å². The number of fused-ring (bicyclic) bond motifs is 1. The van der Waals surface area contributed by atoms with Crippen LogP contribution in [0.5, 0.6) is 11.5 Å². The van der Waals surface area contributed by atoms with E-state index in [1.807, 2.05) is 0 Å². The van der Waals surface area contributed by atoms with Crippen LogP contribution in [0.4, 0.5) is 0 Å². The molecule has 0 radical (unpaired) electrons. The van der Waals surface area contributed by atoms with E-state index >= 15 is 0 Å². The third-order valence-corrected chi connectivity index (χ3v) is 4.25. The molecule has 1 saturated heterocycles. The first-order valence-electron chi connectivity index (χ1n) is 7.65. The van der Waals surface area contributed by atoms with Crippen molar-refractivity contribution < 1.29 is 24.2 Å². The molecule has 2 aliphatic heterocycles. The zero-order valence-corrected chi connectivity index (χ0v) is 12.9. The van der Waals surface area contributed by atoms with Crippen molar-refractivity contribution in [2.45, 2.75) is 25.3 Å². The van der Waals surface area contributed by atoms with E-state index in [0.29, 0.717) is 30.0 Å². The third-order valence-electron chi connectivity index (χ3n) is 4.25. The smallest absolute Gasteiger partial charge is 0.326 e. The lowest BCUT2D eigenvalue weighted by atomic mass is 9.99. The lowest BCUT2D eigenvalue weighted by Gasteiger charge is -2.34. The van der Waals surface area contributed by atoms with Crippen LogP contribution in [-0.2, 0) is 9.59 Å². The highest BCUT2D eigenvalue weighted by Gasteiger charge is 2.34. The monoisotopic (exact) mass is 317 g/mol. The Balaban J connectivity index is 1.87. The Morgan fingerprint density at radius 1 is 1.35 bits per heavy atom. The molecule has 1 atom stereocenters. The highest BCUT2D eigenvalue weighted by molar-refractivity contribution is 6.01. The molecular formula is C17H19NO5. The Morgan fingerprint density at radius 2 is 2.17 bits per heavy atom. The van der Waals surface area contributed by atoms with E-state index in [-0.39, 0.29) is 12.5 Å². The molecule has 2 heterocycles. The standard InChI is InChI=1S/C17H19NO5/c1-22-13-5-6-15-11(9-13)8-12(10-23-15)16(19)18-7-3-2-4-14(18)17(20)21/h5-6,8-9,14H,2-4,7,10H2,1H3,(H,20,21). The van der Waals surface area contributed by atoms with Crippen LogP contribution >= 0.6 is 0 Å². The van der Waals surface area contributed by atoms with Gasteiger partial charge in [-0.05, 0) is 43.5 Å². The predicted octanol–water partition coefficient (Wildman–Crippen LogP) is 1.94. The molecule has 0 spiro atoms. The maximum Gasteiger partial charge on any atom is 0.326 e. The number of likely N-dealkylation sites (tertiary alicyclic amines) is 1. The highest BCUT2D eigenvalue weighted by Crippen LogP contribution is 2.31. The summed E-state index contributed by atoms with van der Waals surface area (Å²) < 4.78 is 10.8. The lowest BCUT2D eigenvalue weighted by Crippen LogP contribution is -2.49. The van der Waals surface area contributed by atoms with Gasteiger partial charge in [0.1, 0.15) is 24.1 Å². The van der Waals surface area contributed by atoms with Crippen molar-refractivity contribution in [3.63, 3.8) is 0 Å². The van der Waals surface area contributed by atoms with Gasteiger partial charge in [0, 0.05) is 12.1 Å². The summed E-state index contributed by atoms with van der Waals surface area (Å²) in [6.45, 7) is 0.624. The van der Waals surface area contributed by atoms with Crippen molar-refractivity contribution in [3.05, 3.63) is 29.3 Å². The maximum atomic E-state index is 12.7. The largest absolute Gasteiger partial charge is 0.497 e. The molecule has 122 valence electrons. The van der Waals surface area contributed by atoms with E-state index in [1.165, 1.54) is 4.90 Å². The van der Waals surface area contributed by atoms with Crippen molar-refractivity contribution in [1.29, 1.82) is 0 Å². The molecule has 1 unspecified atom stereocenters. The van der Waals surface area contributed by atoms with E-state index in [0.717, 1.165) is 18.4 Å². The molecule has 6 nitrogen and oxygen atoms in total. The number of benzene rings is 1. The summed E-state index contributed by atoms with van der Waals surface area (Å²) in [5.74, 6) is 0.164. The van der Waals surface area contributed by atoms with E-state index in [2.05, 4.69) is 0 Å². The summed E-state index contributed by atoms with van der Waals surface area (Å²) in [5, 5.41) is 9.32. The Labute approximate surface area is 134 Å². The predicted molar refractivity (Wildman–Crippen MR) is 83.5 cm³/mol. The number of aliphatic carboxylic acids is 1. The quantitative estimate of drug-likeness (QED) is 0.922. The summed E-state index contributed by atoms with van der Waals surface area (Å²) >= 11 is 0. The number of rotatable bonds is 3. The van der Waals surface area contributed by atoms with E-state index < -0.39 is 12.0 Å². The number of ether oxygens (including phenoxy) is 2. The van der Waals surface area contributed by atoms with Crippen LogP contribution < -0.4 is 9.47 Å². The second-order valence-corrected chi connectivity index (χ2v) is 5.71. The zero-order chi connectivity index (χ0) is 16.4. The number of hydrogen-bond acceptors (Lipinski definition) is 4. The topological polar surface area (TPSA) is 76.1 Å². The van der Waals surface area contributed by atoms with Crippen molar-refractivity contribution in [1.82, 2.24) is 4.90 Å². The molecule has 1 aromatic carbocycles. The van der Waals surface area contributed by atoms with Gasteiger partial charge in [0.2, 0.25) is 0 Å². The van der Waals surface area contributed by atoms with Crippen LogP contribution in [0.3, 0.4) is 0 Å². The van der Waals surface area contributed by atoms with Gasteiger partial charge >= 0.3 is 5.97 Å². The Hall–Kier alpha value is -2.50. The number of piperidine rings is 1. The number of carbonyl (C=O) groups excluding carboxylic acids is 1. The van der Waals surface area contributed by atoms with Gasteiger partial charge in [0.05, 0.1) is 12.7 Å². The zero-order valence-electron chi connectivity index (χ0n) is 12.9. The Morgan fingerprint density at radius 3 is 2.91 bits per heavy atom. The lowest BCUT2D eigenvalue weighted by molar-refractivity contribution is -0.150. The van der Waals surface area contributed by atoms with Gasteiger partial charge < -0.3 is 19.5 Å². The number of hydrogen-bond donors (Lipinski definition) is 1. The summed E-state index contributed by atoms with van der Waals surface area (Å²) in [6, 6.07) is 4.65. The molecule has 1 amide bonds. The number of carboxylic acids is 1. The van der Waals surface area contributed by atoms with Gasteiger partial charge in [-0.15, -0.1) is 0 Å². The number of carboxylic acid groups (broad SMARTS) is 1. The molecule has 1 N–H and O–H groups in total. The van der Waals surface area contributed by atoms with Gasteiger partial charge in [-0.2, -0.15) is 0 Å². The molecular weight excluding hydrogens is 298 g/mol. The molecule has 3 rings (SSSR count). The fourth-order valence-electron chi connectivity index (χ4n) is 3.02. The van der Waals surface area contributed by atoms with Gasteiger partial charge in [-0.25, -0.2) is 4.79 Å². The molecule has 1 aromatic rings. The average Bonchev–Trinajstić information content (AvgIpc) is 2.60. The minimum Gasteiger partial charge on any atom is -0.497 e. The van der Waals surface area contributed by atoms with Crippen LogP contribution in [0, 0.1) is 0 Å². The fourth-order valence-corrected chi connectivity index (χ4v) is 3.02. The first kappa shape index (κ1) is 15.4. The Bertz CT molecular complexity index is 667. The molecule has 1 fully saturated rings. The van der Waals surface area contributed by atoms with E-state index in [1.54, 1.807) is 31.4 Å². The molecule has 23 heavy (non-hydrogen) atoms. The highest BCUT2D eigenvalue weighted by atomic mass is 16.5. The number of carbonyl (C=O) groups is 2. The number of methoxy groups -OCH3 is 1. The second-order valence-electron chi connectivity index (χ2n) is 5.71. The Kier molecular flexibility index (Phi) is 4.23. The average molecular weight is 317 g/mol. The minimum atomic E-state index is -0.947. The first-order chi connectivity index (χ1) is 11.1. The summed E-state index contributed by atoms with van der Waals surface area (Å²) in [6.07, 6.45) is 3.92. The summed E-state index contributed by atoms with van der Waals surface area (Å²) in [4.78, 5) is 25.5.